The van der Waals surface area contributed by atoms with Crippen molar-refractivity contribution in [3.63, 3.8) is 0 Å². The van der Waals surface area contributed by atoms with Crippen molar-refractivity contribution >= 4 is 23.2 Å². The molecule has 2 amide bonds. The molecule has 0 spiro atoms. The van der Waals surface area contributed by atoms with E-state index in [0.29, 0.717) is 28.4 Å². The Labute approximate surface area is 182 Å². The number of hydrogen-bond donors (Lipinski definition) is 2. The highest BCUT2D eigenvalue weighted by Crippen LogP contribution is 2.27. The Morgan fingerprint density at radius 2 is 1.52 bits per heavy atom. The Balaban J connectivity index is 1.72. The van der Waals surface area contributed by atoms with Crippen LogP contribution in [0.1, 0.15) is 28.4 Å². The quantitative estimate of drug-likeness (QED) is 0.568. The van der Waals surface area contributed by atoms with Gasteiger partial charge in [0.05, 0.1) is 18.4 Å². The van der Waals surface area contributed by atoms with Gasteiger partial charge in [-0.3, -0.25) is 9.59 Å². The van der Waals surface area contributed by atoms with E-state index < -0.39 is 6.10 Å². The first-order chi connectivity index (χ1) is 14.9. The monoisotopic (exact) mass is 418 g/mol. The second-order valence-electron chi connectivity index (χ2n) is 7.20. The zero-order valence-corrected chi connectivity index (χ0v) is 18.1. The minimum atomic E-state index is -0.799. The van der Waals surface area contributed by atoms with E-state index >= 15 is 0 Å². The van der Waals surface area contributed by atoms with Gasteiger partial charge in [-0.15, -0.1) is 0 Å². The van der Waals surface area contributed by atoms with Crippen molar-refractivity contribution in [2.24, 2.45) is 0 Å². The van der Waals surface area contributed by atoms with Gasteiger partial charge in [-0.05, 0) is 68.3 Å². The summed E-state index contributed by atoms with van der Waals surface area (Å²) in [5.41, 5.74) is 3.70. The topological polar surface area (TPSA) is 76.7 Å². The van der Waals surface area contributed by atoms with E-state index in [9.17, 15) is 9.59 Å². The molecule has 0 bridgehead atoms. The van der Waals surface area contributed by atoms with Gasteiger partial charge in [0.25, 0.3) is 11.8 Å². The maximum atomic E-state index is 12.8. The molecule has 0 saturated carbocycles. The van der Waals surface area contributed by atoms with Crippen molar-refractivity contribution in [1.82, 2.24) is 0 Å². The first kappa shape index (κ1) is 21.9. The van der Waals surface area contributed by atoms with Gasteiger partial charge in [0.1, 0.15) is 0 Å². The third-order valence-corrected chi connectivity index (χ3v) is 4.94. The zero-order valence-electron chi connectivity index (χ0n) is 18.1. The number of para-hydroxylation sites is 3. The summed E-state index contributed by atoms with van der Waals surface area (Å²) >= 11 is 0. The van der Waals surface area contributed by atoms with Crippen molar-refractivity contribution in [2.45, 2.75) is 26.9 Å². The minimum absolute atomic E-state index is 0.308. The molecule has 160 valence electrons. The highest BCUT2D eigenvalue weighted by atomic mass is 16.5. The second-order valence-corrected chi connectivity index (χ2v) is 7.20. The summed E-state index contributed by atoms with van der Waals surface area (Å²) in [5.74, 6) is 0.318. The molecule has 0 radical (unpaired) electrons. The molecule has 6 heteroatoms. The molecule has 1 atom stereocenters. The normalized spacial score (nSPS) is 11.4. The van der Waals surface area contributed by atoms with Crippen LogP contribution in [0.25, 0.3) is 0 Å². The SMILES string of the molecule is COc1ccccc1OC(C)C(=O)Nc1ccccc1C(=O)Nc1ccc(C)c(C)c1. The number of ether oxygens (including phenoxy) is 2. The Morgan fingerprint density at radius 3 is 2.23 bits per heavy atom. The van der Waals surface area contributed by atoms with Crippen LogP contribution in [-0.4, -0.2) is 25.0 Å². The third-order valence-electron chi connectivity index (χ3n) is 4.94. The molecule has 0 aromatic heterocycles. The van der Waals surface area contributed by atoms with Gasteiger partial charge in [0.15, 0.2) is 17.6 Å². The Morgan fingerprint density at radius 1 is 0.839 bits per heavy atom. The lowest BCUT2D eigenvalue weighted by Crippen LogP contribution is -2.31. The molecule has 2 N–H and O–H groups in total. The van der Waals surface area contributed by atoms with Gasteiger partial charge in [-0.2, -0.15) is 0 Å². The molecular formula is C25H26N2O4. The summed E-state index contributed by atoms with van der Waals surface area (Å²) in [6, 6.07) is 19.7. The first-order valence-electron chi connectivity index (χ1n) is 9.97. The second kappa shape index (κ2) is 9.80. The van der Waals surface area contributed by atoms with Crippen LogP contribution in [0.15, 0.2) is 66.7 Å². The van der Waals surface area contributed by atoms with Crippen molar-refractivity contribution in [3.05, 3.63) is 83.4 Å². The number of carbonyl (C=O) groups excluding carboxylic acids is 2. The van der Waals surface area contributed by atoms with E-state index in [1.165, 1.54) is 7.11 Å². The van der Waals surface area contributed by atoms with Gasteiger partial charge in [-0.25, -0.2) is 0 Å². The van der Waals surface area contributed by atoms with Crippen molar-refractivity contribution in [3.8, 4) is 11.5 Å². The summed E-state index contributed by atoms with van der Waals surface area (Å²) < 4.78 is 11.0. The standard InChI is InChI=1S/C25H26N2O4/c1-16-13-14-19(15-17(16)2)26-25(29)20-9-5-6-10-21(20)27-24(28)18(3)31-23-12-8-7-11-22(23)30-4/h5-15,18H,1-4H3,(H,26,29)(H,27,28). The Kier molecular flexibility index (Phi) is 6.92. The van der Waals surface area contributed by atoms with Gasteiger partial charge >= 0.3 is 0 Å². The van der Waals surface area contributed by atoms with Crippen LogP contribution in [0.3, 0.4) is 0 Å². The lowest BCUT2D eigenvalue weighted by atomic mass is 10.1. The lowest BCUT2D eigenvalue weighted by molar-refractivity contribution is -0.122. The van der Waals surface area contributed by atoms with Crippen LogP contribution in [0, 0.1) is 13.8 Å². The fraction of sp³-hybridized carbons (Fsp3) is 0.200. The number of amides is 2. The number of anilines is 2. The fourth-order valence-electron chi connectivity index (χ4n) is 3.00. The average molecular weight is 418 g/mol. The summed E-state index contributed by atoms with van der Waals surface area (Å²) in [5, 5.41) is 5.68. The molecule has 6 nitrogen and oxygen atoms in total. The molecule has 31 heavy (non-hydrogen) atoms. The van der Waals surface area contributed by atoms with E-state index in [4.69, 9.17) is 9.47 Å². The number of hydrogen-bond acceptors (Lipinski definition) is 4. The predicted molar refractivity (Wildman–Crippen MR) is 122 cm³/mol. The van der Waals surface area contributed by atoms with Crippen molar-refractivity contribution in [2.75, 3.05) is 17.7 Å². The van der Waals surface area contributed by atoms with E-state index in [1.54, 1.807) is 49.4 Å². The number of aryl methyl sites for hydroxylation is 2. The average Bonchev–Trinajstić information content (AvgIpc) is 2.77. The number of nitrogens with one attached hydrogen (secondary N) is 2. The molecule has 0 aliphatic heterocycles. The maximum absolute atomic E-state index is 12.8. The fourth-order valence-corrected chi connectivity index (χ4v) is 3.00. The molecule has 1 unspecified atom stereocenters. The van der Waals surface area contributed by atoms with Crippen LogP contribution in [0.4, 0.5) is 11.4 Å². The van der Waals surface area contributed by atoms with Crippen LogP contribution < -0.4 is 20.1 Å². The van der Waals surface area contributed by atoms with E-state index in [0.717, 1.165) is 11.1 Å². The van der Waals surface area contributed by atoms with E-state index in [2.05, 4.69) is 10.6 Å². The van der Waals surface area contributed by atoms with Crippen molar-refractivity contribution in [1.29, 1.82) is 0 Å². The summed E-state index contributed by atoms with van der Waals surface area (Å²) in [4.78, 5) is 25.6. The zero-order chi connectivity index (χ0) is 22.4. The number of carbonyl (C=O) groups is 2. The third kappa shape index (κ3) is 5.42. The molecule has 3 aromatic carbocycles. The smallest absolute Gasteiger partial charge is 0.265 e. The van der Waals surface area contributed by atoms with Crippen LogP contribution in [0.2, 0.25) is 0 Å². The van der Waals surface area contributed by atoms with Gasteiger partial charge < -0.3 is 20.1 Å². The summed E-state index contributed by atoms with van der Waals surface area (Å²) in [7, 11) is 1.54. The predicted octanol–water partition coefficient (Wildman–Crippen LogP) is 4.97. The largest absolute Gasteiger partial charge is 0.493 e. The summed E-state index contributed by atoms with van der Waals surface area (Å²) in [6.45, 7) is 5.64. The molecule has 0 fully saturated rings. The van der Waals surface area contributed by atoms with Crippen molar-refractivity contribution < 1.29 is 19.1 Å². The Bertz CT molecular complexity index is 1090. The molecule has 0 aliphatic rings. The highest BCUT2D eigenvalue weighted by molar-refractivity contribution is 6.10. The maximum Gasteiger partial charge on any atom is 0.265 e. The number of rotatable bonds is 7. The summed E-state index contributed by atoms with van der Waals surface area (Å²) in [6.07, 6.45) is -0.799. The van der Waals surface area contributed by atoms with Crippen LogP contribution in [0.5, 0.6) is 11.5 Å². The minimum Gasteiger partial charge on any atom is -0.493 e. The number of benzene rings is 3. The van der Waals surface area contributed by atoms with E-state index in [1.807, 2.05) is 38.1 Å². The molecule has 0 aliphatic carbocycles. The molecular weight excluding hydrogens is 392 g/mol. The lowest BCUT2D eigenvalue weighted by Gasteiger charge is -2.18. The van der Waals surface area contributed by atoms with Gasteiger partial charge in [0.2, 0.25) is 0 Å². The van der Waals surface area contributed by atoms with Gasteiger partial charge in [0, 0.05) is 5.69 Å². The number of methoxy groups -OCH3 is 1. The Hall–Kier alpha value is -3.80. The van der Waals surface area contributed by atoms with E-state index in [-0.39, 0.29) is 11.8 Å². The molecule has 3 aromatic rings. The van der Waals surface area contributed by atoms with Crippen LogP contribution in [-0.2, 0) is 4.79 Å². The van der Waals surface area contributed by atoms with Crippen LogP contribution >= 0.6 is 0 Å². The first-order valence-corrected chi connectivity index (χ1v) is 9.97. The molecule has 3 rings (SSSR count). The highest BCUT2D eigenvalue weighted by Gasteiger charge is 2.20. The molecule has 0 saturated heterocycles. The van der Waals surface area contributed by atoms with Gasteiger partial charge in [-0.1, -0.05) is 30.3 Å². The molecule has 0 heterocycles.